The first kappa shape index (κ1) is 15.0. The van der Waals surface area contributed by atoms with Crippen molar-refractivity contribution in [1.29, 1.82) is 0 Å². The van der Waals surface area contributed by atoms with E-state index in [1.54, 1.807) is 11.3 Å². The minimum Gasteiger partial charge on any atom is -0.455 e. The number of hydrogen-bond donors (Lipinski definition) is 1. The van der Waals surface area contributed by atoms with E-state index in [1.165, 1.54) is 0 Å². The fraction of sp³-hybridized carbons (Fsp3) is 0.438. The number of primary amides is 1. The molecule has 1 heterocycles. The summed E-state index contributed by atoms with van der Waals surface area (Å²) in [4.78, 5) is 27.7. The lowest BCUT2D eigenvalue weighted by Crippen LogP contribution is -2.30. The maximum atomic E-state index is 12.2. The second-order valence-corrected chi connectivity index (χ2v) is 6.65. The van der Waals surface area contributed by atoms with Crippen molar-refractivity contribution in [2.75, 3.05) is 6.61 Å². The van der Waals surface area contributed by atoms with Gasteiger partial charge in [0, 0.05) is 5.92 Å². The molecule has 6 heteroatoms. The van der Waals surface area contributed by atoms with Crippen molar-refractivity contribution in [2.24, 2.45) is 11.7 Å². The minimum atomic E-state index is -0.624. The average Bonchev–Trinajstić information content (AvgIpc) is 2.96. The molecular weight excluding hydrogens is 300 g/mol. The fourth-order valence-electron chi connectivity index (χ4n) is 3.01. The predicted molar refractivity (Wildman–Crippen MR) is 84.5 cm³/mol. The molecule has 0 aliphatic heterocycles. The highest BCUT2D eigenvalue weighted by Gasteiger charge is 2.35. The van der Waals surface area contributed by atoms with Crippen LogP contribution in [0.2, 0.25) is 0 Å². The van der Waals surface area contributed by atoms with E-state index < -0.39 is 5.91 Å². The number of para-hydroxylation sites is 1. The lowest BCUT2D eigenvalue weighted by atomic mass is 9.79. The molecule has 116 valence electrons. The number of carbonyl (C=O) groups is 2. The number of nitrogens with two attached hydrogens (primary N) is 1. The minimum absolute atomic E-state index is 0.0755. The molecule has 1 amide bonds. The van der Waals surface area contributed by atoms with Gasteiger partial charge in [0.2, 0.25) is 0 Å². The molecule has 1 fully saturated rings. The molecule has 22 heavy (non-hydrogen) atoms. The quantitative estimate of drug-likeness (QED) is 0.878. The lowest BCUT2D eigenvalue weighted by molar-refractivity contribution is -0.153. The number of amides is 1. The summed E-state index contributed by atoms with van der Waals surface area (Å²) in [5, 5.41) is 0.988. The number of aromatic nitrogens is 1. The molecule has 0 unspecified atom stereocenters. The molecule has 1 aliphatic carbocycles. The van der Waals surface area contributed by atoms with Gasteiger partial charge in [-0.1, -0.05) is 25.0 Å². The Bertz CT molecular complexity index is 665. The van der Waals surface area contributed by atoms with Crippen LogP contribution >= 0.6 is 11.3 Å². The molecule has 0 bridgehead atoms. The molecule has 0 spiro atoms. The van der Waals surface area contributed by atoms with Gasteiger partial charge in [-0.15, -0.1) is 11.3 Å². The topological polar surface area (TPSA) is 82.3 Å². The SMILES string of the molecule is NC(=O)COC(=O)[C@H]1CCCC[C@@H]1c1nc2ccccc2s1. The third kappa shape index (κ3) is 3.11. The molecule has 0 saturated heterocycles. The standard InChI is InChI=1S/C16H18N2O3S/c17-14(19)9-21-16(20)11-6-2-1-5-10(11)15-18-12-7-3-4-8-13(12)22-15/h3-4,7-8,10-11H,1-2,5-6,9H2,(H2,17,19)/t10-,11-/m0/s1. The molecule has 2 atom stereocenters. The summed E-state index contributed by atoms with van der Waals surface area (Å²) >= 11 is 1.64. The molecule has 1 aromatic carbocycles. The van der Waals surface area contributed by atoms with Crippen molar-refractivity contribution in [2.45, 2.75) is 31.6 Å². The molecule has 2 N–H and O–H groups in total. The third-order valence-electron chi connectivity index (χ3n) is 4.05. The highest BCUT2D eigenvalue weighted by Crippen LogP contribution is 2.41. The summed E-state index contributed by atoms with van der Waals surface area (Å²) in [6, 6.07) is 7.98. The number of benzene rings is 1. The monoisotopic (exact) mass is 318 g/mol. The molecule has 1 aliphatic rings. The highest BCUT2D eigenvalue weighted by atomic mass is 32.1. The van der Waals surface area contributed by atoms with Crippen LogP contribution < -0.4 is 5.73 Å². The molecule has 1 saturated carbocycles. The van der Waals surface area contributed by atoms with Crippen molar-refractivity contribution >= 4 is 33.4 Å². The van der Waals surface area contributed by atoms with Gasteiger partial charge in [0.1, 0.15) is 0 Å². The number of nitrogens with zero attached hydrogens (tertiary/aromatic N) is 1. The summed E-state index contributed by atoms with van der Waals surface area (Å²) in [5.41, 5.74) is 6.01. The van der Waals surface area contributed by atoms with Crippen LogP contribution in [-0.4, -0.2) is 23.5 Å². The zero-order valence-corrected chi connectivity index (χ0v) is 13.0. The molecule has 1 aromatic heterocycles. The van der Waals surface area contributed by atoms with E-state index in [-0.39, 0.29) is 24.4 Å². The van der Waals surface area contributed by atoms with Crippen molar-refractivity contribution in [1.82, 2.24) is 4.98 Å². The van der Waals surface area contributed by atoms with Gasteiger partial charge in [-0.25, -0.2) is 4.98 Å². The summed E-state index contributed by atoms with van der Waals surface area (Å²) in [6.45, 7) is -0.345. The first-order chi connectivity index (χ1) is 10.6. The number of esters is 1. The van der Waals surface area contributed by atoms with E-state index in [0.29, 0.717) is 0 Å². The van der Waals surface area contributed by atoms with Crippen molar-refractivity contribution in [3.63, 3.8) is 0 Å². The maximum absolute atomic E-state index is 12.2. The molecule has 5 nitrogen and oxygen atoms in total. The third-order valence-corrected chi connectivity index (χ3v) is 5.22. The van der Waals surface area contributed by atoms with E-state index >= 15 is 0 Å². The van der Waals surface area contributed by atoms with Gasteiger partial charge in [-0.3, -0.25) is 9.59 Å². The first-order valence-electron chi connectivity index (χ1n) is 7.45. The van der Waals surface area contributed by atoms with E-state index in [2.05, 4.69) is 4.98 Å². The second-order valence-electron chi connectivity index (χ2n) is 5.59. The number of rotatable bonds is 4. The van der Waals surface area contributed by atoms with E-state index in [1.807, 2.05) is 24.3 Å². The zero-order chi connectivity index (χ0) is 15.5. The van der Waals surface area contributed by atoms with E-state index in [9.17, 15) is 9.59 Å². The van der Waals surface area contributed by atoms with Crippen LogP contribution in [0.4, 0.5) is 0 Å². The highest BCUT2D eigenvalue weighted by molar-refractivity contribution is 7.18. The van der Waals surface area contributed by atoms with Crippen molar-refractivity contribution < 1.29 is 14.3 Å². The lowest BCUT2D eigenvalue weighted by Gasteiger charge is -2.28. The van der Waals surface area contributed by atoms with Crippen molar-refractivity contribution in [3.8, 4) is 0 Å². The Morgan fingerprint density at radius 2 is 2.05 bits per heavy atom. The molecule has 3 rings (SSSR count). The number of fused-ring (bicyclic) bond motifs is 1. The van der Waals surface area contributed by atoms with Gasteiger partial charge >= 0.3 is 5.97 Å². The summed E-state index contributed by atoms with van der Waals surface area (Å²) in [5.74, 6) is -1.11. The zero-order valence-electron chi connectivity index (χ0n) is 12.2. The smallest absolute Gasteiger partial charge is 0.310 e. The average molecular weight is 318 g/mol. The van der Waals surface area contributed by atoms with E-state index in [4.69, 9.17) is 10.5 Å². The second kappa shape index (κ2) is 6.44. The maximum Gasteiger partial charge on any atom is 0.310 e. The van der Waals surface area contributed by atoms with Crippen LogP contribution in [0.25, 0.3) is 10.2 Å². The van der Waals surface area contributed by atoms with Gasteiger partial charge < -0.3 is 10.5 Å². The molecule has 0 radical (unpaired) electrons. The Kier molecular flexibility index (Phi) is 4.38. The van der Waals surface area contributed by atoms with Crippen LogP contribution in [0.15, 0.2) is 24.3 Å². The Labute approximate surface area is 132 Å². The van der Waals surface area contributed by atoms with Gasteiger partial charge in [-0.05, 0) is 25.0 Å². The van der Waals surface area contributed by atoms with Crippen LogP contribution in [-0.2, 0) is 14.3 Å². The van der Waals surface area contributed by atoms with Crippen LogP contribution in [0.3, 0.4) is 0 Å². The number of thiazole rings is 1. The summed E-state index contributed by atoms with van der Waals surface area (Å²) < 4.78 is 6.16. The van der Waals surface area contributed by atoms with Gasteiger partial charge in [-0.2, -0.15) is 0 Å². The van der Waals surface area contributed by atoms with Gasteiger partial charge in [0.25, 0.3) is 5.91 Å². The van der Waals surface area contributed by atoms with Gasteiger partial charge in [0.05, 0.1) is 21.1 Å². The largest absolute Gasteiger partial charge is 0.455 e. The predicted octanol–water partition coefficient (Wildman–Crippen LogP) is 2.60. The Morgan fingerprint density at radius 3 is 2.82 bits per heavy atom. The van der Waals surface area contributed by atoms with Crippen LogP contribution in [0.1, 0.15) is 36.6 Å². The first-order valence-corrected chi connectivity index (χ1v) is 8.27. The van der Waals surface area contributed by atoms with Crippen LogP contribution in [0, 0.1) is 5.92 Å². The number of ether oxygens (including phenoxy) is 1. The van der Waals surface area contributed by atoms with Crippen molar-refractivity contribution in [3.05, 3.63) is 29.3 Å². The molecular formula is C16H18N2O3S. The Hall–Kier alpha value is -1.95. The van der Waals surface area contributed by atoms with E-state index in [0.717, 1.165) is 40.9 Å². The molecule has 2 aromatic rings. The van der Waals surface area contributed by atoms with Crippen LogP contribution in [0.5, 0.6) is 0 Å². The summed E-state index contributed by atoms with van der Waals surface area (Å²) in [7, 11) is 0. The Morgan fingerprint density at radius 1 is 1.27 bits per heavy atom. The Balaban J connectivity index is 1.82. The number of hydrogen-bond acceptors (Lipinski definition) is 5. The number of carbonyl (C=O) groups excluding carboxylic acids is 2. The normalized spacial score (nSPS) is 21.6. The van der Waals surface area contributed by atoms with Gasteiger partial charge in [0.15, 0.2) is 6.61 Å². The summed E-state index contributed by atoms with van der Waals surface area (Å²) in [6.07, 6.45) is 3.78. The fourth-order valence-corrected chi connectivity index (χ4v) is 4.17.